The number of rotatable bonds is 4. The smallest absolute Gasteiger partial charge is 0.127 e. The van der Waals surface area contributed by atoms with Crippen molar-refractivity contribution in [2.45, 2.75) is 18.9 Å². The second-order valence-corrected chi connectivity index (χ2v) is 5.31. The lowest BCUT2D eigenvalue weighted by atomic mass is 10.0. The molecule has 1 atom stereocenters. The molecule has 2 rings (SSSR count). The number of hydrogen-bond acceptors (Lipinski definition) is 1. The van der Waals surface area contributed by atoms with Crippen molar-refractivity contribution in [2.75, 3.05) is 0 Å². The van der Waals surface area contributed by atoms with Gasteiger partial charge in [-0.2, -0.15) is 0 Å². The lowest BCUT2D eigenvalue weighted by Gasteiger charge is -2.13. The number of aliphatic hydroxyl groups excluding tert-OH is 1. The SMILES string of the molecule is OC(Cc1cc(F)ccc1Cl)Cc1c(F)cccc1Cl. The predicted octanol–water partition coefficient (Wildman–Crippen LogP) is 4.42. The van der Waals surface area contributed by atoms with Crippen molar-refractivity contribution in [2.24, 2.45) is 0 Å². The van der Waals surface area contributed by atoms with Crippen LogP contribution in [-0.2, 0) is 12.8 Å². The molecule has 0 aliphatic heterocycles. The molecular weight excluding hydrogens is 305 g/mol. The fourth-order valence-electron chi connectivity index (χ4n) is 1.99. The molecule has 0 aliphatic rings. The Morgan fingerprint density at radius 2 is 1.75 bits per heavy atom. The van der Waals surface area contributed by atoms with E-state index in [1.165, 1.54) is 30.3 Å². The highest BCUT2D eigenvalue weighted by Gasteiger charge is 2.15. The molecule has 0 amide bonds. The third kappa shape index (κ3) is 3.69. The van der Waals surface area contributed by atoms with E-state index < -0.39 is 17.7 Å². The maximum Gasteiger partial charge on any atom is 0.127 e. The van der Waals surface area contributed by atoms with Crippen LogP contribution in [0.3, 0.4) is 0 Å². The van der Waals surface area contributed by atoms with Crippen molar-refractivity contribution in [1.82, 2.24) is 0 Å². The summed E-state index contributed by atoms with van der Waals surface area (Å²) in [7, 11) is 0. The van der Waals surface area contributed by atoms with Gasteiger partial charge in [0.15, 0.2) is 0 Å². The summed E-state index contributed by atoms with van der Waals surface area (Å²) in [5, 5.41) is 10.6. The normalized spacial score (nSPS) is 12.4. The Bertz CT molecular complexity index is 597. The summed E-state index contributed by atoms with van der Waals surface area (Å²) in [6.45, 7) is 0. The molecule has 0 radical (unpaired) electrons. The van der Waals surface area contributed by atoms with Gasteiger partial charge in [-0.25, -0.2) is 8.78 Å². The predicted molar refractivity (Wildman–Crippen MR) is 76.2 cm³/mol. The van der Waals surface area contributed by atoms with Crippen LogP contribution in [0.15, 0.2) is 36.4 Å². The molecule has 106 valence electrons. The minimum Gasteiger partial charge on any atom is -0.392 e. The van der Waals surface area contributed by atoms with Crippen LogP contribution in [0, 0.1) is 11.6 Å². The Morgan fingerprint density at radius 3 is 2.45 bits per heavy atom. The molecule has 5 heteroatoms. The molecule has 0 fully saturated rings. The Morgan fingerprint density at radius 1 is 1.00 bits per heavy atom. The van der Waals surface area contributed by atoms with E-state index in [9.17, 15) is 13.9 Å². The average molecular weight is 317 g/mol. The first-order valence-corrected chi connectivity index (χ1v) is 6.78. The van der Waals surface area contributed by atoms with E-state index in [0.29, 0.717) is 10.6 Å². The van der Waals surface area contributed by atoms with Gasteiger partial charge in [0.25, 0.3) is 0 Å². The number of benzene rings is 2. The van der Waals surface area contributed by atoms with Crippen LogP contribution in [0.5, 0.6) is 0 Å². The molecule has 20 heavy (non-hydrogen) atoms. The summed E-state index contributed by atoms with van der Waals surface area (Å²) in [6.07, 6.45) is -0.733. The van der Waals surface area contributed by atoms with Crippen LogP contribution in [0.25, 0.3) is 0 Å². The van der Waals surface area contributed by atoms with Crippen molar-refractivity contribution in [1.29, 1.82) is 0 Å². The Kier molecular flexibility index (Phi) is 4.97. The summed E-state index contributed by atoms with van der Waals surface area (Å²) < 4.78 is 26.7. The van der Waals surface area contributed by atoms with Gasteiger partial charge in [-0.15, -0.1) is 0 Å². The molecule has 1 nitrogen and oxygen atoms in total. The molecule has 0 aromatic heterocycles. The van der Waals surface area contributed by atoms with Crippen LogP contribution in [0.4, 0.5) is 8.78 Å². The highest BCUT2D eigenvalue weighted by molar-refractivity contribution is 6.31. The Hall–Kier alpha value is -1.16. The van der Waals surface area contributed by atoms with E-state index in [1.54, 1.807) is 6.07 Å². The minimum atomic E-state index is -0.899. The van der Waals surface area contributed by atoms with Crippen molar-refractivity contribution < 1.29 is 13.9 Å². The first-order chi connectivity index (χ1) is 9.47. The fraction of sp³-hybridized carbons (Fsp3) is 0.200. The van der Waals surface area contributed by atoms with Crippen LogP contribution < -0.4 is 0 Å². The van der Waals surface area contributed by atoms with E-state index in [2.05, 4.69) is 0 Å². The second-order valence-electron chi connectivity index (χ2n) is 4.50. The monoisotopic (exact) mass is 316 g/mol. The third-order valence-corrected chi connectivity index (χ3v) is 3.69. The van der Waals surface area contributed by atoms with Crippen molar-refractivity contribution in [3.63, 3.8) is 0 Å². The van der Waals surface area contributed by atoms with Gasteiger partial charge in [-0.3, -0.25) is 0 Å². The zero-order valence-electron chi connectivity index (χ0n) is 10.4. The molecule has 0 saturated carbocycles. The number of aliphatic hydroxyl groups is 1. The molecule has 0 saturated heterocycles. The summed E-state index contributed by atoms with van der Waals surface area (Å²) in [4.78, 5) is 0. The van der Waals surface area contributed by atoms with Crippen LogP contribution in [-0.4, -0.2) is 11.2 Å². The molecular formula is C15H12Cl2F2O. The maximum atomic E-state index is 13.6. The summed E-state index contributed by atoms with van der Waals surface area (Å²) >= 11 is 11.8. The molecule has 1 N–H and O–H groups in total. The fourth-order valence-corrected chi connectivity index (χ4v) is 2.42. The van der Waals surface area contributed by atoms with Crippen molar-refractivity contribution >= 4 is 23.2 Å². The molecule has 0 heterocycles. The molecule has 1 unspecified atom stereocenters. The Balaban J connectivity index is 2.13. The quantitative estimate of drug-likeness (QED) is 0.885. The van der Waals surface area contributed by atoms with Gasteiger partial charge in [0.1, 0.15) is 11.6 Å². The number of halogens is 4. The largest absolute Gasteiger partial charge is 0.392 e. The topological polar surface area (TPSA) is 20.2 Å². The molecule has 0 bridgehead atoms. The van der Waals surface area contributed by atoms with Gasteiger partial charge in [-0.05, 0) is 35.9 Å². The minimum absolute atomic E-state index is 0.0400. The van der Waals surface area contributed by atoms with Gasteiger partial charge >= 0.3 is 0 Å². The maximum absolute atomic E-state index is 13.6. The van der Waals surface area contributed by atoms with Crippen LogP contribution >= 0.6 is 23.2 Å². The lowest BCUT2D eigenvalue weighted by Crippen LogP contribution is -2.15. The van der Waals surface area contributed by atoms with Gasteiger partial charge in [-0.1, -0.05) is 29.3 Å². The molecule has 0 spiro atoms. The Labute approximate surface area is 125 Å². The molecule has 2 aromatic rings. The van der Waals surface area contributed by atoms with E-state index in [-0.39, 0.29) is 23.4 Å². The second kappa shape index (κ2) is 6.53. The summed E-state index contributed by atoms with van der Waals surface area (Å²) in [5.41, 5.74) is 0.723. The first-order valence-electron chi connectivity index (χ1n) is 6.02. The van der Waals surface area contributed by atoms with Crippen molar-refractivity contribution in [3.8, 4) is 0 Å². The summed E-state index contributed by atoms with van der Waals surface area (Å²) in [5.74, 6) is -0.901. The van der Waals surface area contributed by atoms with Gasteiger partial charge < -0.3 is 5.11 Å². The third-order valence-electron chi connectivity index (χ3n) is 2.96. The number of hydrogen-bond donors (Lipinski definition) is 1. The zero-order chi connectivity index (χ0) is 14.7. The molecule has 2 aromatic carbocycles. The average Bonchev–Trinajstić information content (AvgIpc) is 2.38. The molecule has 0 aliphatic carbocycles. The first kappa shape index (κ1) is 15.2. The van der Waals surface area contributed by atoms with Crippen molar-refractivity contribution in [3.05, 3.63) is 69.2 Å². The van der Waals surface area contributed by atoms with Gasteiger partial charge in [0, 0.05) is 28.5 Å². The van der Waals surface area contributed by atoms with E-state index >= 15 is 0 Å². The summed E-state index contributed by atoms with van der Waals surface area (Å²) in [6, 6.07) is 8.26. The van der Waals surface area contributed by atoms with E-state index in [4.69, 9.17) is 23.2 Å². The van der Waals surface area contributed by atoms with Crippen LogP contribution in [0.2, 0.25) is 10.0 Å². The highest BCUT2D eigenvalue weighted by atomic mass is 35.5. The highest BCUT2D eigenvalue weighted by Crippen LogP contribution is 2.23. The van der Waals surface area contributed by atoms with E-state index in [0.717, 1.165) is 0 Å². The lowest BCUT2D eigenvalue weighted by molar-refractivity contribution is 0.174. The zero-order valence-corrected chi connectivity index (χ0v) is 11.9. The van der Waals surface area contributed by atoms with E-state index in [1.807, 2.05) is 0 Å². The standard InChI is InChI=1S/C15H12Cl2F2O/c16-13-5-4-10(18)6-9(13)7-11(20)8-12-14(17)2-1-3-15(12)19/h1-6,11,20H,7-8H2. The van der Waals surface area contributed by atoms with Gasteiger partial charge in [0.05, 0.1) is 6.10 Å². The van der Waals surface area contributed by atoms with Gasteiger partial charge in [0.2, 0.25) is 0 Å². The van der Waals surface area contributed by atoms with Crippen LogP contribution in [0.1, 0.15) is 11.1 Å².